The van der Waals surface area contributed by atoms with Gasteiger partial charge in [-0.2, -0.15) is 5.10 Å². The maximum Gasteiger partial charge on any atom is 0.266 e. The summed E-state index contributed by atoms with van der Waals surface area (Å²) in [4.78, 5) is 11.1. The molecule has 1 aromatic rings. The highest BCUT2D eigenvalue weighted by Crippen LogP contribution is 2.07. The van der Waals surface area contributed by atoms with E-state index in [1.165, 1.54) is 43.2 Å². The maximum atomic E-state index is 11.1. The second-order valence-electron chi connectivity index (χ2n) is 4.30. The zero-order valence-electron chi connectivity index (χ0n) is 10.4. The first-order valence-corrected chi connectivity index (χ1v) is 6.27. The summed E-state index contributed by atoms with van der Waals surface area (Å²) in [6.45, 7) is 2.23. The van der Waals surface area contributed by atoms with Crippen molar-refractivity contribution in [3.63, 3.8) is 0 Å². The fourth-order valence-electron chi connectivity index (χ4n) is 1.77. The Morgan fingerprint density at radius 1 is 1.12 bits per heavy atom. The van der Waals surface area contributed by atoms with Crippen LogP contribution in [0.15, 0.2) is 16.9 Å². The molecule has 0 N–H and O–H groups in total. The average molecular weight is 222 g/mol. The molecule has 0 unspecified atom stereocenters. The molecule has 1 rings (SSSR count). The molecule has 0 saturated carbocycles. The second kappa shape index (κ2) is 7.20. The largest absolute Gasteiger partial charge is 0.268 e. The lowest BCUT2D eigenvalue weighted by molar-refractivity contribution is 0.594. The molecule has 0 aliphatic rings. The first-order chi connectivity index (χ1) is 7.74. The van der Waals surface area contributed by atoms with E-state index >= 15 is 0 Å². The Bertz CT molecular complexity index is 357. The van der Waals surface area contributed by atoms with Gasteiger partial charge in [-0.1, -0.05) is 39.0 Å². The molecule has 0 fully saturated rings. The minimum Gasteiger partial charge on any atom is -0.268 e. The number of unbranched alkanes of at least 4 members (excludes halogenated alkanes) is 5. The molecule has 0 saturated heterocycles. The molecule has 0 radical (unpaired) electrons. The number of aromatic nitrogens is 2. The average Bonchev–Trinajstić information content (AvgIpc) is 2.28. The van der Waals surface area contributed by atoms with Crippen molar-refractivity contribution in [2.24, 2.45) is 7.05 Å². The summed E-state index contributed by atoms with van der Waals surface area (Å²) in [5.41, 5.74) is 0.990. The van der Waals surface area contributed by atoms with Crippen LogP contribution >= 0.6 is 0 Å². The predicted octanol–water partition coefficient (Wildman–Crippen LogP) is 2.68. The summed E-state index contributed by atoms with van der Waals surface area (Å²) in [7, 11) is 1.70. The van der Waals surface area contributed by atoms with Gasteiger partial charge in [0.1, 0.15) is 0 Å². The first-order valence-electron chi connectivity index (χ1n) is 6.27. The molecule has 1 aromatic heterocycles. The van der Waals surface area contributed by atoms with Crippen LogP contribution < -0.4 is 5.56 Å². The van der Waals surface area contributed by atoms with E-state index in [4.69, 9.17) is 0 Å². The molecule has 3 nitrogen and oxygen atoms in total. The van der Waals surface area contributed by atoms with E-state index in [0.717, 1.165) is 12.1 Å². The zero-order chi connectivity index (χ0) is 11.8. The third-order valence-electron chi connectivity index (χ3n) is 2.80. The highest BCUT2D eigenvalue weighted by atomic mass is 16.1. The third kappa shape index (κ3) is 4.60. The molecule has 0 bridgehead atoms. The molecule has 0 aliphatic heterocycles. The van der Waals surface area contributed by atoms with E-state index in [-0.39, 0.29) is 5.56 Å². The summed E-state index contributed by atoms with van der Waals surface area (Å²) in [6, 6.07) is 3.44. The SMILES string of the molecule is CCCCCCCCc1ccc(=O)n(C)n1. The van der Waals surface area contributed by atoms with Gasteiger partial charge in [0, 0.05) is 13.1 Å². The molecular weight excluding hydrogens is 200 g/mol. The van der Waals surface area contributed by atoms with Crippen LogP contribution in [0.2, 0.25) is 0 Å². The van der Waals surface area contributed by atoms with Crippen LogP contribution in [0.3, 0.4) is 0 Å². The third-order valence-corrected chi connectivity index (χ3v) is 2.80. The molecule has 0 atom stereocenters. The van der Waals surface area contributed by atoms with Crippen LogP contribution in [0.1, 0.15) is 51.1 Å². The fourth-order valence-corrected chi connectivity index (χ4v) is 1.77. The predicted molar refractivity (Wildman–Crippen MR) is 66.6 cm³/mol. The van der Waals surface area contributed by atoms with E-state index in [1.54, 1.807) is 13.1 Å². The van der Waals surface area contributed by atoms with E-state index in [2.05, 4.69) is 12.0 Å². The Labute approximate surface area is 97.5 Å². The molecule has 0 spiro atoms. The zero-order valence-corrected chi connectivity index (χ0v) is 10.4. The van der Waals surface area contributed by atoms with Crippen molar-refractivity contribution in [2.45, 2.75) is 51.9 Å². The smallest absolute Gasteiger partial charge is 0.266 e. The Morgan fingerprint density at radius 2 is 1.81 bits per heavy atom. The van der Waals surface area contributed by atoms with Crippen LogP contribution in [0.4, 0.5) is 0 Å². The monoisotopic (exact) mass is 222 g/mol. The number of hydrogen-bond acceptors (Lipinski definition) is 2. The molecule has 0 aliphatic carbocycles. The van der Waals surface area contributed by atoms with Gasteiger partial charge >= 0.3 is 0 Å². The topological polar surface area (TPSA) is 34.9 Å². The summed E-state index contributed by atoms with van der Waals surface area (Å²) in [5.74, 6) is 0. The Balaban J connectivity index is 2.22. The van der Waals surface area contributed by atoms with E-state index in [1.807, 2.05) is 6.07 Å². The Hall–Kier alpha value is -1.12. The molecule has 16 heavy (non-hydrogen) atoms. The molecular formula is C13H22N2O. The minimum atomic E-state index is -0.0355. The highest BCUT2D eigenvalue weighted by molar-refractivity contribution is 5.00. The van der Waals surface area contributed by atoms with Crippen LogP contribution in [0.5, 0.6) is 0 Å². The lowest BCUT2D eigenvalue weighted by Crippen LogP contribution is -2.19. The number of nitrogens with zero attached hydrogens (tertiary/aromatic N) is 2. The van der Waals surface area contributed by atoms with Gasteiger partial charge in [-0.3, -0.25) is 4.79 Å². The van der Waals surface area contributed by atoms with Gasteiger partial charge in [0.25, 0.3) is 5.56 Å². The number of aryl methyl sites for hydroxylation is 2. The number of hydrogen-bond donors (Lipinski definition) is 0. The first kappa shape index (κ1) is 12.9. The van der Waals surface area contributed by atoms with Gasteiger partial charge in [-0.05, 0) is 18.9 Å². The van der Waals surface area contributed by atoms with Gasteiger partial charge in [0.2, 0.25) is 0 Å². The van der Waals surface area contributed by atoms with Gasteiger partial charge in [-0.15, -0.1) is 0 Å². The van der Waals surface area contributed by atoms with Gasteiger partial charge in [0.05, 0.1) is 5.69 Å². The van der Waals surface area contributed by atoms with Crippen molar-refractivity contribution in [3.05, 3.63) is 28.2 Å². The standard InChI is InChI=1S/C13H22N2O/c1-3-4-5-6-7-8-9-12-10-11-13(16)15(2)14-12/h10-11H,3-9H2,1-2H3. The summed E-state index contributed by atoms with van der Waals surface area (Å²) < 4.78 is 1.41. The van der Waals surface area contributed by atoms with Crippen molar-refractivity contribution in [1.82, 2.24) is 9.78 Å². The van der Waals surface area contributed by atoms with Gasteiger partial charge in [-0.25, -0.2) is 4.68 Å². The quantitative estimate of drug-likeness (QED) is 0.665. The fraction of sp³-hybridized carbons (Fsp3) is 0.692. The molecule has 90 valence electrons. The number of rotatable bonds is 7. The lowest BCUT2D eigenvalue weighted by Gasteiger charge is -2.02. The van der Waals surface area contributed by atoms with Gasteiger partial charge < -0.3 is 0 Å². The van der Waals surface area contributed by atoms with E-state index in [9.17, 15) is 4.79 Å². The molecule has 0 amide bonds. The highest BCUT2D eigenvalue weighted by Gasteiger charge is 1.97. The lowest BCUT2D eigenvalue weighted by atomic mass is 10.1. The summed E-state index contributed by atoms with van der Waals surface area (Å²) in [5, 5.41) is 4.21. The normalized spacial score (nSPS) is 10.6. The maximum absolute atomic E-state index is 11.1. The van der Waals surface area contributed by atoms with Crippen LogP contribution in [0, 0.1) is 0 Å². The molecule has 0 aromatic carbocycles. The van der Waals surface area contributed by atoms with Gasteiger partial charge in [0.15, 0.2) is 0 Å². The summed E-state index contributed by atoms with van der Waals surface area (Å²) >= 11 is 0. The van der Waals surface area contributed by atoms with Crippen molar-refractivity contribution >= 4 is 0 Å². The van der Waals surface area contributed by atoms with Crippen molar-refractivity contribution in [1.29, 1.82) is 0 Å². The van der Waals surface area contributed by atoms with Crippen LogP contribution in [0.25, 0.3) is 0 Å². The minimum absolute atomic E-state index is 0.0355. The molecule has 1 heterocycles. The van der Waals surface area contributed by atoms with Crippen LogP contribution in [-0.4, -0.2) is 9.78 Å². The van der Waals surface area contributed by atoms with Crippen molar-refractivity contribution in [2.75, 3.05) is 0 Å². The Morgan fingerprint density at radius 3 is 2.50 bits per heavy atom. The van der Waals surface area contributed by atoms with E-state index < -0.39 is 0 Å². The van der Waals surface area contributed by atoms with Crippen LogP contribution in [-0.2, 0) is 13.5 Å². The second-order valence-corrected chi connectivity index (χ2v) is 4.30. The summed E-state index contributed by atoms with van der Waals surface area (Å²) in [6.07, 6.45) is 8.73. The molecule has 3 heteroatoms. The van der Waals surface area contributed by atoms with Crippen molar-refractivity contribution < 1.29 is 0 Å². The van der Waals surface area contributed by atoms with Crippen molar-refractivity contribution in [3.8, 4) is 0 Å². The Kier molecular flexibility index (Phi) is 5.83. The van der Waals surface area contributed by atoms with E-state index in [0.29, 0.717) is 0 Å².